The molecule has 0 amide bonds. The summed E-state index contributed by atoms with van der Waals surface area (Å²) in [5.74, 6) is -3.03. The Morgan fingerprint density at radius 2 is 1.53 bits per heavy atom. The van der Waals surface area contributed by atoms with Gasteiger partial charge in [-0.25, -0.2) is 14.6 Å². The molecular formula is C19H12Cl2F9N5O. The summed E-state index contributed by atoms with van der Waals surface area (Å²) in [4.78, 5) is 16.9. The number of alkyl halides is 9. The summed E-state index contributed by atoms with van der Waals surface area (Å²) in [5, 5.41) is 3.71. The predicted octanol–water partition coefficient (Wildman–Crippen LogP) is 6.96. The van der Waals surface area contributed by atoms with E-state index in [9.17, 15) is 44.3 Å². The van der Waals surface area contributed by atoms with Crippen LogP contribution in [0.1, 0.15) is 36.8 Å². The van der Waals surface area contributed by atoms with E-state index in [2.05, 4.69) is 20.4 Å². The Labute approximate surface area is 205 Å². The molecule has 1 N–H and O–H groups in total. The molecule has 0 fully saturated rings. The molecule has 17 heteroatoms. The number of anilines is 1. The van der Waals surface area contributed by atoms with Crippen LogP contribution in [-0.4, -0.2) is 32.1 Å². The summed E-state index contributed by atoms with van der Waals surface area (Å²) in [6, 6.07) is 0.846. The van der Waals surface area contributed by atoms with E-state index >= 15 is 0 Å². The fourth-order valence-corrected chi connectivity index (χ4v) is 3.77. The van der Waals surface area contributed by atoms with E-state index in [-0.39, 0.29) is 25.2 Å². The molecule has 0 aliphatic rings. The van der Waals surface area contributed by atoms with Gasteiger partial charge in [0.2, 0.25) is 5.82 Å². The van der Waals surface area contributed by atoms with E-state index in [1.165, 1.54) is 6.92 Å². The molecule has 3 aromatic rings. The zero-order chi connectivity index (χ0) is 27.2. The molecule has 0 aliphatic heterocycles. The largest absolute Gasteiger partial charge is 0.451 e. The molecule has 0 aliphatic carbocycles. The highest BCUT2D eigenvalue weighted by molar-refractivity contribution is 6.38. The van der Waals surface area contributed by atoms with E-state index in [1.54, 1.807) is 0 Å². The van der Waals surface area contributed by atoms with Crippen molar-refractivity contribution in [3.05, 3.63) is 39.3 Å². The molecule has 3 rings (SSSR count). The van der Waals surface area contributed by atoms with Crippen molar-refractivity contribution in [3.8, 4) is 5.69 Å². The summed E-state index contributed by atoms with van der Waals surface area (Å²) < 4.78 is 121. The first-order valence-corrected chi connectivity index (χ1v) is 10.4. The minimum Gasteiger partial charge on any atom is -0.369 e. The molecule has 1 aromatic carbocycles. The van der Waals surface area contributed by atoms with Crippen LogP contribution >= 0.6 is 23.2 Å². The van der Waals surface area contributed by atoms with Crippen molar-refractivity contribution in [1.82, 2.24) is 19.7 Å². The quantitative estimate of drug-likeness (QED) is 0.257. The van der Waals surface area contributed by atoms with Crippen molar-refractivity contribution < 1.29 is 44.3 Å². The Kier molecular flexibility index (Phi) is 7.39. The van der Waals surface area contributed by atoms with Gasteiger partial charge in [0.25, 0.3) is 0 Å². The first-order valence-electron chi connectivity index (χ1n) is 9.66. The van der Waals surface area contributed by atoms with Crippen LogP contribution in [0.15, 0.2) is 12.1 Å². The molecule has 2 heterocycles. The number of carbonyl (C=O) groups is 1. The molecular weight excluding hydrogens is 556 g/mol. The standard InChI is InChI=1S/C19H12Cl2F9N5O/c1-7(36)3-2-4-31-15-11-13(18(25,26)27)32-16(19(28,29)30)33-14(11)34-35(15)12-9(20)5-8(6-10(12)21)17(22,23)24/h5-6,31H,2-4H2,1H3. The lowest BCUT2D eigenvalue weighted by Crippen LogP contribution is -2.18. The van der Waals surface area contributed by atoms with Gasteiger partial charge in [0.15, 0.2) is 11.3 Å². The number of Topliss-reactive ketones (excluding diaryl/α,β-unsaturated/α-hetero) is 1. The van der Waals surface area contributed by atoms with Crippen molar-refractivity contribution in [2.24, 2.45) is 0 Å². The minimum atomic E-state index is -5.42. The third-order valence-corrected chi connectivity index (χ3v) is 5.19. The van der Waals surface area contributed by atoms with Gasteiger partial charge in [-0.15, -0.1) is 5.10 Å². The maximum Gasteiger partial charge on any atom is 0.451 e. The summed E-state index contributed by atoms with van der Waals surface area (Å²) in [6.07, 6.45) is -15.6. The summed E-state index contributed by atoms with van der Waals surface area (Å²) in [5.41, 5.74) is -4.92. The van der Waals surface area contributed by atoms with Crippen LogP contribution in [0.25, 0.3) is 16.7 Å². The van der Waals surface area contributed by atoms with Gasteiger partial charge >= 0.3 is 18.5 Å². The van der Waals surface area contributed by atoms with E-state index in [1.807, 2.05) is 0 Å². The number of fused-ring (bicyclic) bond motifs is 1. The second-order valence-corrected chi connectivity index (χ2v) is 8.18. The number of benzene rings is 1. The number of aromatic nitrogens is 4. The number of rotatable bonds is 6. The Hall–Kier alpha value is -2.81. The van der Waals surface area contributed by atoms with E-state index in [0.717, 1.165) is 0 Å². The van der Waals surface area contributed by atoms with Crippen LogP contribution in [0.4, 0.5) is 45.3 Å². The van der Waals surface area contributed by atoms with Crippen LogP contribution < -0.4 is 5.32 Å². The first kappa shape index (κ1) is 27.8. The van der Waals surface area contributed by atoms with Gasteiger partial charge in [-0.3, -0.25) is 0 Å². The zero-order valence-corrected chi connectivity index (χ0v) is 19.1. The summed E-state index contributed by atoms with van der Waals surface area (Å²) in [7, 11) is 0. The monoisotopic (exact) mass is 567 g/mol. The molecule has 0 atom stereocenters. The lowest BCUT2D eigenvalue weighted by Gasteiger charge is -2.16. The molecule has 2 aromatic heterocycles. The third-order valence-electron chi connectivity index (χ3n) is 4.61. The van der Waals surface area contributed by atoms with E-state index < -0.39 is 68.2 Å². The topological polar surface area (TPSA) is 72.7 Å². The second kappa shape index (κ2) is 9.57. The van der Waals surface area contributed by atoms with E-state index in [4.69, 9.17) is 23.2 Å². The molecule has 0 bridgehead atoms. The Morgan fingerprint density at radius 1 is 0.944 bits per heavy atom. The van der Waals surface area contributed by atoms with Crippen molar-refractivity contribution in [3.63, 3.8) is 0 Å². The number of hydrogen-bond donors (Lipinski definition) is 1. The van der Waals surface area contributed by atoms with Crippen molar-refractivity contribution >= 4 is 45.8 Å². The molecule has 0 saturated carbocycles. The number of hydrogen-bond acceptors (Lipinski definition) is 5. The van der Waals surface area contributed by atoms with Crippen LogP contribution in [-0.2, 0) is 23.3 Å². The van der Waals surface area contributed by atoms with Crippen LogP contribution in [0, 0.1) is 0 Å². The highest BCUT2D eigenvalue weighted by Crippen LogP contribution is 2.43. The highest BCUT2D eigenvalue weighted by Gasteiger charge is 2.43. The number of nitrogens with one attached hydrogen (secondary N) is 1. The Bertz CT molecular complexity index is 1290. The zero-order valence-electron chi connectivity index (χ0n) is 17.6. The number of nitrogens with zero attached hydrogens (tertiary/aromatic N) is 4. The fraction of sp³-hybridized carbons (Fsp3) is 0.368. The first-order chi connectivity index (χ1) is 16.4. The molecule has 196 valence electrons. The average molecular weight is 568 g/mol. The van der Waals surface area contributed by atoms with Crippen LogP contribution in [0.5, 0.6) is 0 Å². The molecule has 0 radical (unpaired) electrons. The Balaban J connectivity index is 2.35. The molecule has 36 heavy (non-hydrogen) atoms. The number of ketones is 1. The second-order valence-electron chi connectivity index (χ2n) is 7.37. The predicted molar refractivity (Wildman–Crippen MR) is 110 cm³/mol. The fourth-order valence-electron chi connectivity index (χ4n) is 3.12. The van der Waals surface area contributed by atoms with Gasteiger partial charge in [0, 0.05) is 13.0 Å². The van der Waals surface area contributed by atoms with Gasteiger partial charge in [0.05, 0.1) is 21.0 Å². The van der Waals surface area contributed by atoms with Gasteiger partial charge in [-0.1, -0.05) is 23.2 Å². The number of halogens is 11. The van der Waals surface area contributed by atoms with Crippen molar-refractivity contribution in [2.75, 3.05) is 11.9 Å². The van der Waals surface area contributed by atoms with Gasteiger partial charge < -0.3 is 10.1 Å². The normalized spacial score (nSPS) is 12.9. The maximum absolute atomic E-state index is 13.8. The average Bonchev–Trinajstić information content (AvgIpc) is 3.05. The third kappa shape index (κ3) is 5.77. The van der Waals surface area contributed by atoms with Crippen molar-refractivity contribution in [2.45, 2.75) is 38.3 Å². The minimum absolute atomic E-state index is 0.00170. The SMILES string of the molecule is CC(=O)CCCNc1c2c(C(F)(F)F)nc(C(F)(F)F)nc2nn1-c1c(Cl)cc(C(F)(F)F)cc1Cl. The maximum atomic E-state index is 13.8. The lowest BCUT2D eigenvalue weighted by atomic mass is 10.2. The van der Waals surface area contributed by atoms with E-state index in [0.29, 0.717) is 16.8 Å². The smallest absolute Gasteiger partial charge is 0.369 e. The summed E-state index contributed by atoms with van der Waals surface area (Å²) >= 11 is 11.9. The summed E-state index contributed by atoms with van der Waals surface area (Å²) in [6.45, 7) is 1.07. The lowest BCUT2D eigenvalue weighted by molar-refractivity contribution is -0.151. The van der Waals surface area contributed by atoms with Crippen LogP contribution in [0.2, 0.25) is 10.0 Å². The van der Waals surface area contributed by atoms with Gasteiger partial charge in [0.1, 0.15) is 17.3 Å². The highest BCUT2D eigenvalue weighted by atomic mass is 35.5. The molecule has 0 saturated heterocycles. The molecule has 0 unspecified atom stereocenters. The number of carbonyl (C=O) groups excluding carboxylic acids is 1. The Morgan fingerprint density at radius 3 is 2.00 bits per heavy atom. The van der Waals surface area contributed by atoms with Crippen molar-refractivity contribution in [1.29, 1.82) is 0 Å². The molecule has 0 spiro atoms. The molecule has 6 nitrogen and oxygen atoms in total. The van der Waals surface area contributed by atoms with Gasteiger partial charge in [-0.05, 0) is 25.5 Å². The van der Waals surface area contributed by atoms with Gasteiger partial charge in [-0.2, -0.15) is 39.5 Å². The van der Waals surface area contributed by atoms with Crippen LogP contribution in [0.3, 0.4) is 0 Å².